The average Bonchev–Trinajstić information content (AvgIpc) is 2.33. The van der Waals surface area contributed by atoms with Gasteiger partial charge in [0.05, 0.1) is 0 Å². The summed E-state index contributed by atoms with van der Waals surface area (Å²) in [6.07, 6.45) is 0. The van der Waals surface area contributed by atoms with Crippen molar-refractivity contribution in [2.24, 2.45) is 0 Å². The number of nitrogens with two attached hydrogens (primary N) is 1. The molecule has 0 aliphatic heterocycles. The predicted octanol–water partition coefficient (Wildman–Crippen LogP) is 2.75. The first kappa shape index (κ1) is 12.4. The molecule has 4 nitrogen and oxygen atoms in total. The molecule has 2 aromatic rings. The molecule has 4 heteroatoms. The highest BCUT2D eigenvalue weighted by Crippen LogP contribution is 2.29. The predicted molar refractivity (Wildman–Crippen MR) is 75.2 cm³/mol. The Morgan fingerprint density at radius 2 is 1.72 bits per heavy atom. The maximum absolute atomic E-state index is 5.90. The van der Waals surface area contributed by atoms with Gasteiger partial charge in [-0.2, -0.15) is 0 Å². The molecule has 0 aliphatic rings. The third-order valence-corrected chi connectivity index (χ3v) is 3.06. The minimum atomic E-state index is 0.540. The Balaban J connectivity index is 2.53. The van der Waals surface area contributed by atoms with Gasteiger partial charge in [0, 0.05) is 18.3 Å². The highest BCUT2D eigenvalue weighted by atomic mass is 15.2. The van der Waals surface area contributed by atoms with E-state index >= 15 is 0 Å². The van der Waals surface area contributed by atoms with Crippen LogP contribution < -0.4 is 10.6 Å². The van der Waals surface area contributed by atoms with Crippen molar-refractivity contribution in [1.82, 2.24) is 9.97 Å². The van der Waals surface area contributed by atoms with Gasteiger partial charge in [-0.1, -0.05) is 18.2 Å². The van der Waals surface area contributed by atoms with Crippen LogP contribution in [0, 0.1) is 20.8 Å². The van der Waals surface area contributed by atoms with Crippen LogP contribution in [0.25, 0.3) is 0 Å². The number of anilines is 3. The Kier molecular flexibility index (Phi) is 3.19. The molecule has 18 heavy (non-hydrogen) atoms. The van der Waals surface area contributed by atoms with Crippen LogP contribution in [0.1, 0.15) is 17.0 Å². The Morgan fingerprint density at radius 3 is 2.39 bits per heavy atom. The van der Waals surface area contributed by atoms with Crippen molar-refractivity contribution in [1.29, 1.82) is 0 Å². The van der Waals surface area contributed by atoms with E-state index in [1.165, 1.54) is 5.56 Å². The summed E-state index contributed by atoms with van der Waals surface area (Å²) in [6, 6.07) is 8.20. The lowest BCUT2D eigenvalue weighted by atomic mass is 10.1. The summed E-state index contributed by atoms with van der Waals surface area (Å²) in [5.74, 6) is 2.08. The molecule has 0 saturated heterocycles. The van der Waals surface area contributed by atoms with Gasteiger partial charge in [-0.3, -0.25) is 0 Å². The van der Waals surface area contributed by atoms with E-state index in [1.807, 2.05) is 33.0 Å². The molecule has 0 saturated carbocycles. The van der Waals surface area contributed by atoms with Gasteiger partial charge in [-0.05, 0) is 32.4 Å². The lowest BCUT2D eigenvalue weighted by Gasteiger charge is -2.22. The monoisotopic (exact) mass is 242 g/mol. The molecule has 2 rings (SSSR count). The maximum Gasteiger partial charge on any atom is 0.141 e. The highest BCUT2D eigenvalue weighted by Gasteiger charge is 2.13. The number of para-hydroxylation sites is 1. The highest BCUT2D eigenvalue weighted by molar-refractivity contribution is 5.68. The first-order chi connectivity index (χ1) is 8.50. The third kappa shape index (κ3) is 2.14. The van der Waals surface area contributed by atoms with Gasteiger partial charge in [0.1, 0.15) is 17.5 Å². The van der Waals surface area contributed by atoms with Crippen LogP contribution in [0.3, 0.4) is 0 Å². The fourth-order valence-corrected chi connectivity index (χ4v) is 2.02. The summed E-state index contributed by atoms with van der Waals surface area (Å²) < 4.78 is 0. The smallest absolute Gasteiger partial charge is 0.141 e. The third-order valence-electron chi connectivity index (χ3n) is 3.06. The molecule has 0 fully saturated rings. The Hall–Kier alpha value is -2.10. The van der Waals surface area contributed by atoms with E-state index in [1.54, 1.807) is 0 Å². The van der Waals surface area contributed by atoms with Crippen molar-refractivity contribution in [3.05, 3.63) is 41.2 Å². The quantitative estimate of drug-likeness (QED) is 0.879. The SMILES string of the molecule is Cc1nc(N)c(C)c(N(C)c2ccccc2C)n1. The van der Waals surface area contributed by atoms with Gasteiger partial charge in [-0.25, -0.2) is 9.97 Å². The van der Waals surface area contributed by atoms with E-state index < -0.39 is 0 Å². The Bertz CT molecular complexity index is 578. The number of rotatable bonds is 2. The van der Waals surface area contributed by atoms with E-state index in [0.29, 0.717) is 11.6 Å². The number of hydrogen-bond donors (Lipinski definition) is 1. The van der Waals surface area contributed by atoms with E-state index in [9.17, 15) is 0 Å². The molecule has 2 N–H and O–H groups in total. The molecule has 0 radical (unpaired) electrons. The summed E-state index contributed by atoms with van der Waals surface area (Å²) >= 11 is 0. The van der Waals surface area contributed by atoms with Gasteiger partial charge in [-0.15, -0.1) is 0 Å². The van der Waals surface area contributed by atoms with Crippen LogP contribution in [0.4, 0.5) is 17.3 Å². The average molecular weight is 242 g/mol. The van der Waals surface area contributed by atoms with Crippen LogP contribution >= 0.6 is 0 Å². The van der Waals surface area contributed by atoms with Crippen molar-refractivity contribution in [2.75, 3.05) is 17.7 Å². The van der Waals surface area contributed by atoms with Crippen LogP contribution in [0.15, 0.2) is 24.3 Å². The van der Waals surface area contributed by atoms with Crippen molar-refractivity contribution in [3.63, 3.8) is 0 Å². The zero-order chi connectivity index (χ0) is 13.3. The number of benzene rings is 1. The lowest BCUT2D eigenvalue weighted by Crippen LogP contribution is -2.16. The first-order valence-electron chi connectivity index (χ1n) is 5.90. The van der Waals surface area contributed by atoms with Gasteiger partial charge < -0.3 is 10.6 Å². The zero-order valence-electron chi connectivity index (χ0n) is 11.2. The molecule has 94 valence electrons. The van der Waals surface area contributed by atoms with Crippen molar-refractivity contribution >= 4 is 17.3 Å². The fraction of sp³-hybridized carbons (Fsp3) is 0.286. The number of hydrogen-bond acceptors (Lipinski definition) is 4. The molecule has 0 atom stereocenters. The summed E-state index contributed by atoms with van der Waals surface area (Å²) in [5.41, 5.74) is 9.13. The molecular weight excluding hydrogens is 224 g/mol. The summed E-state index contributed by atoms with van der Waals surface area (Å²) in [5, 5.41) is 0. The van der Waals surface area contributed by atoms with Crippen molar-refractivity contribution in [3.8, 4) is 0 Å². The minimum absolute atomic E-state index is 0.540. The van der Waals surface area contributed by atoms with Crippen molar-refractivity contribution < 1.29 is 0 Å². The second kappa shape index (κ2) is 4.64. The molecule has 0 aliphatic carbocycles. The lowest BCUT2D eigenvalue weighted by molar-refractivity contribution is 0.996. The normalized spacial score (nSPS) is 10.4. The van der Waals surface area contributed by atoms with Crippen LogP contribution in [-0.4, -0.2) is 17.0 Å². The summed E-state index contributed by atoms with van der Waals surface area (Å²) in [4.78, 5) is 10.7. The van der Waals surface area contributed by atoms with Crippen LogP contribution in [0.5, 0.6) is 0 Å². The van der Waals surface area contributed by atoms with Gasteiger partial charge in [0.15, 0.2) is 0 Å². The van der Waals surface area contributed by atoms with Crippen molar-refractivity contribution in [2.45, 2.75) is 20.8 Å². The first-order valence-corrected chi connectivity index (χ1v) is 5.90. The van der Waals surface area contributed by atoms with Gasteiger partial charge in [0.25, 0.3) is 0 Å². The Labute approximate surface area is 107 Å². The molecule has 0 unspecified atom stereocenters. The molecule has 0 bridgehead atoms. The Morgan fingerprint density at radius 1 is 1.06 bits per heavy atom. The van der Waals surface area contributed by atoms with Gasteiger partial charge >= 0.3 is 0 Å². The number of aryl methyl sites for hydroxylation is 2. The minimum Gasteiger partial charge on any atom is -0.383 e. The zero-order valence-corrected chi connectivity index (χ0v) is 11.2. The molecule has 1 aromatic heterocycles. The number of aromatic nitrogens is 2. The summed E-state index contributed by atoms with van der Waals surface area (Å²) in [7, 11) is 2.00. The van der Waals surface area contributed by atoms with E-state index in [-0.39, 0.29) is 0 Å². The topological polar surface area (TPSA) is 55.0 Å². The van der Waals surface area contributed by atoms with Crippen LogP contribution in [-0.2, 0) is 0 Å². The molecular formula is C14H18N4. The number of nitrogens with zero attached hydrogens (tertiary/aromatic N) is 3. The summed E-state index contributed by atoms with van der Waals surface area (Å²) in [6.45, 7) is 5.88. The van der Waals surface area contributed by atoms with E-state index in [0.717, 1.165) is 17.1 Å². The van der Waals surface area contributed by atoms with Crippen LogP contribution in [0.2, 0.25) is 0 Å². The standard InChI is InChI=1S/C14H18N4/c1-9-7-5-6-8-12(9)18(4)14-10(2)13(15)16-11(3)17-14/h5-8H,1-4H3,(H2,15,16,17). The second-order valence-electron chi connectivity index (χ2n) is 4.45. The van der Waals surface area contributed by atoms with E-state index in [4.69, 9.17) is 5.73 Å². The molecule has 1 heterocycles. The maximum atomic E-state index is 5.90. The molecule has 1 aromatic carbocycles. The second-order valence-corrected chi connectivity index (χ2v) is 4.45. The molecule has 0 spiro atoms. The van der Waals surface area contributed by atoms with E-state index in [2.05, 4.69) is 33.9 Å². The number of nitrogen functional groups attached to an aromatic ring is 1. The molecule has 0 amide bonds. The fourth-order valence-electron chi connectivity index (χ4n) is 2.02. The largest absolute Gasteiger partial charge is 0.383 e. The van der Waals surface area contributed by atoms with Gasteiger partial charge in [0.2, 0.25) is 0 Å².